The maximum Gasteiger partial charge on any atom is 0.167 e. The topological polar surface area (TPSA) is 21.3 Å². The van der Waals surface area contributed by atoms with E-state index in [0.29, 0.717) is 17.2 Å². The van der Waals surface area contributed by atoms with Gasteiger partial charge in [0.1, 0.15) is 0 Å². The van der Waals surface area contributed by atoms with Crippen LogP contribution in [-0.4, -0.2) is 13.2 Å². The Bertz CT molecular complexity index is 403. The van der Waals surface area contributed by atoms with Gasteiger partial charge in [0.2, 0.25) is 0 Å². The highest BCUT2D eigenvalue weighted by molar-refractivity contribution is 5.48. The third kappa shape index (κ3) is 2.90. The third-order valence-corrected chi connectivity index (χ3v) is 3.49. The van der Waals surface area contributed by atoms with Gasteiger partial charge in [0.25, 0.3) is 0 Å². The van der Waals surface area contributed by atoms with Gasteiger partial charge in [-0.15, -0.1) is 0 Å². The molecule has 1 aliphatic rings. The van der Waals surface area contributed by atoms with Crippen LogP contribution in [0.4, 0.5) is 10.1 Å². The van der Waals surface area contributed by atoms with Crippen molar-refractivity contribution in [1.29, 1.82) is 0 Å². The van der Waals surface area contributed by atoms with Crippen LogP contribution in [0.1, 0.15) is 33.1 Å². The number of hydrogen-bond donors (Lipinski definition) is 1. The minimum atomic E-state index is -0.310. The number of ether oxygens (including phenoxy) is 1. The van der Waals surface area contributed by atoms with Crippen LogP contribution < -0.4 is 10.1 Å². The molecule has 1 fully saturated rings. The van der Waals surface area contributed by atoms with Gasteiger partial charge in [0.15, 0.2) is 11.6 Å². The zero-order valence-corrected chi connectivity index (χ0v) is 10.7. The average Bonchev–Trinajstić information content (AvgIpc) is 2.58. The molecule has 0 spiro atoms. The predicted molar refractivity (Wildman–Crippen MR) is 68.0 cm³/mol. The molecule has 94 valence electrons. The molecule has 0 bridgehead atoms. The molecule has 0 aliphatic heterocycles. The highest BCUT2D eigenvalue weighted by Gasteiger charge is 2.30. The van der Waals surface area contributed by atoms with Gasteiger partial charge in [0, 0.05) is 17.8 Å². The number of methoxy groups -OCH3 is 1. The van der Waals surface area contributed by atoms with Gasteiger partial charge < -0.3 is 10.1 Å². The van der Waals surface area contributed by atoms with Crippen LogP contribution in [0.5, 0.6) is 5.75 Å². The van der Waals surface area contributed by atoms with Crippen LogP contribution in [0, 0.1) is 11.2 Å². The molecule has 0 heterocycles. The van der Waals surface area contributed by atoms with E-state index >= 15 is 0 Å². The Labute approximate surface area is 102 Å². The summed E-state index contributed by atoms with van der Waals surface area (Å²) in [6.45, 7) is 4.56. The van der Waals surface area contributed by atoms with Crippen molar-refractivity contribution in [2.75, 3.05) is 12.4 Å². The fourth-order valence-electron chi connectivity index (χ4n) is 2.55. The van der Waals surface area contributed by atoms with Gasteiger partial charge in [-0.1, -0.05) is 13.8 Å². The summed E-state index contributed by atoms with van der Waals surface area (Å²) in [4.78, 5) is 0. The predicted octanol–water partition coefficient (Wildman–Crippen LogP) is 3.82. The molecule has 2 nitrogen and oxygen atoms in total. The van der Waals surface area contributed by atoms with Gasteiger partial charge in [-0.05, 0) is 36.8 Å². The molecule has 0 radical (unpaired) electrons. The number of benzene rings is 1. The molecule has 1 N–H and O–H groups in total. The Balaban J connectivity index is 2.02. The molecule has 0 saturated heterocycles. The second-order valence-electron chi connectivity index (χ2n) is 5.60. The molecule has 0 amide bonds. The standard InChI is InChI=1S/C14H20FNO/c1-14(2)7-6-11(9-14)16-10-4-5-13(17-3)12(15)8-10/h4-5,8,11,16H,6-7,9H2,1-3H3. The minimum absolute atomic E-state index is 0.294. The maximum absolute atomic E-state index is 13.5. The first-order valence-electron chi connectivity index (χ1n) is 6.10. The SMILES string of the molecule is COc1ccc(NC2CCC(C)(C)C2)cc1F. The number of hydrogen-bond acceptors (Lipinski definition) is 2. The first-order chi connectivity index (χ1) is 8.00. The van der Waals surface area contributed by atoms with Gasteiger partial charge in [0.05, 0.1) is 7.11 Å². The van der Waals surface area contributed by atoms with Crippen molar-refractivity contribution in [3.05, 3.63) is 24.0 Å². The van der Waals surface area contributed by atoms with Crippen molar-refractivity contribution < 1.29 is 9.13 Å². The van der Waals surface area contributed by atoms with Crippen LogP contribution in [0.25, 0.3) is 0 Å². The molecule has 1 saturated carbocycles. The first-order valence-corrected chi connectivity index (χ1v) is 6.10. The first kappa shape index (κ1) is 12.2. The summed E-state index contributed by atoms with van der Waals surface area (Å²) in [5.74, 6) is -0.0166. The van der Waals surface area contributed by atoms with E-state index in [9.17, 15) is 4.39 Å². The molecule has 1 atom stereocenters. The summed E-state index contributed by atoms with van der Waals surface area (Å²) in [6.07, 6.45) is 3.52. The van der Waals surface area contributed by atoms with Crippen molar-refractivity contribution in [1.82, 2.24) is 0 Å². The smallest absolute Gasteiger partial charge is 0.167 e. The fraction of sp³-hybridized carbons (Fsp3) is 0.571. The Hall–Kier alpha value is -1.25. The zero-order chi connectivity index (χ0) is 12.5. The van der Waals surface area contributed by atoms with Crippen molar-refractivity contribution in [2.45, 2.75) is 39.2 Å². The van der Waals surface area contributed by atoms with Gasteiger partial charge >= 0.3 is 0 Å². The summed E-state index contributed by atoms with van der Waals surface area (Å²) < 4.78 is 18.4. The summed E-state index contributed by atoms with van der Waals surface area (Å²) >= 11 is 0. The largest absolute Gasteiger partial charge is 0.494 e. The number of halogens is 1. The lowest BCUT2D eigenvalue weighted by atomic mass is 9.92. The summed E-state index contributed by atoms with van der Waals surface area (Å²) in [6, 6.07) is 5.49. The summed E-state index contributed by atoms with van der Waals surface area (Å²) in [5.41, 5.74) is 1.24. The average molecular weight is 237 g/mol. The molecule has 1 aliphatic carbocycles. The Kier molecular flexibility index (Phi) is 3.27. The number of rotatable bonds is 3. The van der Waals surface area contributed by atoms with Gasteiger partial charge in [-0.25, -0.2) is 4.39 Å². The van der Waals surface area contributed by atoms with Crippen molar-refractivity contribution in [2.24, 2.45) is 5.41 Å². The van der Waals surface area contributed by atoms with E-state index in [0.717, 1.165) is 18.5 Å². The minimum Gasteiger partial charge on any atom is -0.494 e. The molecular weight excluding hydrogens is 217 g/mol. The molecule has 0 aromatic heterocycles. The normalized spacial score (nSPS) is 22.5. The molecule has 17 heavy (non-hydrogen) atoms. The quantitative estimate of drug-likeness (QED) is 0.862. The molecule has 1 aromatic carbocycles. The molecular formula is C14H20FNO. The Morgan fingerprint density at radius 2 is 2.18 bits per heavy atom. The van der Waals surface area contributed by atoms with Gasteiger partial charge in [-0.2, -0.15) is 0 Å². The number of nitrogens with one attached hydrogen (secondary N) is 1. The third-order valence-electron chi connectivity index (χ3n) is 3.49. The van der Waals surface area contributed by atoms with E-state index in [2.05, 4.69) is 19.2 Å². The van der Waals surface area contributed by atoms with E-state index in [1.807, 2.05) is 6.07 Å². The van der Waals surface area contributed by atoms with Crippen molar-refractivity contribution in [3.63, 3.8) is 0 Å². The van der Waals surface area contributed by atoms with E-state index in [-0.39, 0.29) is 5.82 Å². The highest BCUT2D eigenvalue weighted by Crippen LogP contribution is 2.38. The van der Waals surface area contributed by atoms with Crippen LogP contribution >= 0.6 is 0 Å². The van der Waals surface area contributed by atoms with Crippen LogP contribution in [0.2, 0.25) is 0 Å². The fourth-order valence-corrected chi connectivity index (χ4v) is 2.55. The van der Waals surface area contributed by atoms with E-state index in [1.54, 1.807) is 6.07 Å². The van der Waals surface area contributed by atoms with Crippen LogP contribution in [0.15, 0.2) is 18.2 Å². The lowest BCUT2D eigenvalue weighted by molar-refractivity contribution is 0.378. The molecule has 1 unspecified atom stereocenters. The maximum atomic E-state index is 13.5. The van der Waals surface area contributed by atoms with Crippen LogP contribution in [0.3, 0.4) is 0 Å². The molecule has 3 heteroatoms. The van der Waals surface area contributed by atoms with E-state index < -0.39 is 0 Å². The lowest BCUT2D eigenvalue weighted by Gasteiger charge is -2.18. The summed E-state index contributed by atoms with van der Waals surface area (Å²) in [5, 5.41) is 3.39. The zero-order valence-electron chi connectivity index (χ0n) is 10.7. The lowest BCUT2D eigenvalue weighted by Crippen LogP contribution is -2.17. The van der Waals surface area contributed by atoms with E-state index in [4.69, 9.17) is 4.74 Å². The van der Waals surface area contributed by atoms with Gasteiger partial charge in [-0.3, -0.25) is 0 Å². The molecule has 1 aromatic rings. The molecule has 2 rings (SSSR count). The van der Waals surface area contributed by atoms with Crippen LogP contribution in [-0.2, 0) is 0 Å². The van der Waals surface area contributed by atoms with Crippen molar-refractivity contribution >= 4 is 5.69 Å². The number of anilines is 1. The second-order valence-corrected chi connectivity index (χ2v) is 5.60. The second kappa shape index (κ2) is 4.55. The summed E-state index contributed by atoms with van der Waals surface area (Å²) in [7, 11) is 1.48. The van der Waals surface area contributed by atoms with E-state index in [1.165, 1.54) is 19.6 Å². The van der Waals surface area contributed by atoms with Crippen molar-refractivity contribution in [3.8, 4) is 5.75 Å². The Morgan fingerprint density at radius 3 is 2.71 bits per heavy atom. The highest BCUT2D eigenvalue weighted by atomic mass is 19.1. The monoisotopic (exact) mass is 237 g/mol. The Morgan fingerprint density at radius 1 is 1.41 bits per heavy atom.